The summed E-state index contributed by atoms with van der Waals surface area (Å²) in [5, 5.41) is 12.3. The van der Waals surface area contributed by atoms with Crippen molar-refractivity contribution in [2.45, 2.75) is 19.9 Å². The second-order valence-electron chi connectivity index (χ2n) is 4.92. The van der Waals surface area contributed by atoms with Crippen molar-refractivity contribution in [1.29, 1.82) is 0 Å². The second kappa shape index (κ2) is 8.14. The van der Waals surface area contributed by atoms with Crippen LogP contribution in [0.5, 0.6) is 17.4 Å². The van der Waals surface area contributed by atoms with E-state index in [2.05, 4.69) is 17.2 Å². The molecule has 1 heterocycles. The lowest BCUT2D eigenvalue weighted by atomic mass is 10.2. The quantitative estimate of drug-likeness (QED) is 0.729. The summed E-state index contributed by atoms with van der Waals surface area (Å²) < 4.78 is 11.0. The molecule has 2 aromatic rings. The Bertz CT molecular complexity index is 673. The molecule has 2 N–H and O–H groups in total. The molecule has 23 heavy (non-hydrogen) atoms. The summed E-state index contributed by atoms with van der Waals surface area (Å²) in [5.74, 6) is 0.227. The Morgan fingerprint density at radius 1 is 1.30 bits per heavy atom. The van der Waals surface area contributed by atoms with E-state index < -0.39 is 5.97 Å². The number of aromatic nitrogens is 1. The topological polar surface area (TPSA) is 80.7 Å². The van der Waals surface area contributed by atoms with Crippen LogP contribution < -0.4 is 14.8 Å². The molecule has 1 aromatic heterocycles. The highest BCUT2D eigenvalue weighted by molar-refractivity contribution is 5.88. The average Bonchev–Trinajstić information content (AvgIpc) is 2.56. The summed E-state index contributed by atoms with van der Waals surface area (Å²) in [6.07, 6.45) is 2.69. The maximum absolute atomic E-state index is 11.0. The molecule has 0 aliphatic rings. The number of carbonyl (C=O) groups is 1. The van der Waals surface area contributed by atoms with Gasteiger partial charge in [0.05, 0.1) is 12.7 Å². The van der Waals surface area contributed by atoms with Crippen LogP contribution in [0.25, 0.3) is 0 Å². The van der Waals surface area contributed by atoms with Crippen LogP contribution in [-0.2, 0) is 6.54 Å². The molecule has 6 heteroatoms. The van der Waals surface area contributed by atoms with Gasteiger partial charge in [-0.1, -0.05) is 13.0 Å². The number of carboxylic acids is 1. The van der Waals surface area contributed by atoms with Crippen LogP contribution in [0.1, 0.15) is 29.3 Å². The van der Waals surface area contributed by atoms with Crippen LogP contribution in [0.2, 0.25) is 0 Å². The zero-order valence-electron chi connectivity index (χ0n) is 13.2. The SMILES string of the molecule is CCCNCc1cccnc1Oc1ccc(C(=O)O)cc1OC. The van der Waals surface area contributed by atoms with E-state index in [0.29, 0.717) is 23.9 Å². The molecule has 0 aliphatic heterocycles. The van der Waals surface area contributed by atoms with Crippen molar-refractivity contribution in [3.05, 3.63) is 47.7 Å². The smallest absolute Gasteiger partial charge is 0.335 e. The molecule has 1 aromatic carbocycles. The number of pyridine rings is 1. The van der Waals surface area contributed by atoms with Crippen LogP contribution in [0.4, 0.5) is 0 Å². The standard InChI is InChI=1S/C17H20N2O4/c1-3-8-18-11-13-5-4-9-19-16(13)23-14-7-6-12(17(20)21)10-15(14)22-2/h4-7,9-10,18H,3,8,11H2,1-2H3,(H,20,21). The van der Waals surface area contributed by atoms with Gasteiger partial charge in [0.1, 0.15) is 0 Å². The number of nitrogens with zero attached hydrogens (tertiary/aromatic N) is 1. The van der Waals surface area contributed by atoms with Gasteiger partial charge < -0.3 is 19.9 Å². The summed E-state index contributed by atoms with van der Waals surface area (Å²) in [7, 11) is 1.47. The van der Waals surface area contributed by atoms with E-state index in [9.17, 15) is 4.79 Å². The van der Waals surface area contributed by atoms with Crippen LogP contribution >= 0.6 is 0 Å². The molecule has 0 spiro atoms. The summed E-state index contributed by atoms with van der Waals surface area (Å²) in [5.41, 5.74) is 1.06. The Balaban J connectivity index is 2.23. The largest absolute Gasteiger partial charge is 0.493 e. The molecule has 0 atom stereocenters. The van der Waals surface area contributed by atoms with Gasteiger partial charge in [0.2, 0.25) is 5.88 Å². The van der Waals surface area contributed by atoms with Gasteiger partial charge in [-0.15, -0.1) is 0 Å². The Morgan fingerprint density at radius 3 is 2.83 bits per heavy atom. The van der Waals surface area contributed by atoms with Crippen molar-refractivity contribution >= 4 is 5.97 Å². The number of nitrogens with one attached hydrogen (secondary N) is 1. The number of hydrogen-bond acceptors (Lipinski definition) is 5. The van der Waals surface area contributed by atoms with Crippen LogP contribution in [0.3, 0.4) is 0 Å². The van der Waals surface area contributed by atoms with Gasteiger partial charge in [0.15, 0.2) is 11.5 Å². The van der Waals surface area contributed by atoms with Crippen LogP contribution in [0, 0.1) is 0 Å². The van der Waals surface area contributed by atoms with Crippen molar-refractivity contribution in [2.24, 2.45) is 0 Å². The van der Waals surface area contributed by atoms with Crippen molar-refractivity contribution in [3.8, 4) is 17.4 Å². The van der Waals surface area contributed by atoms with Crippen LogP contribution in [0.15, 0.2) is 36.5 Å². The molecular weight excluding hydrogens is 296 g/mol. The minimum Gasteiger partial charge on any atom is -0.493 e. The van der Waals surface area contributed by atoms with Gasteiger partial charge in [-0.25, -0.2) is 9.78 Å². The highest BCUT2D eigenvalue weighted by atomic mass is 16.5. The maximum atomic E-state index is 11.0. The Hall–Kier alpha value is -2.60. The normalized spacial score (nSPS) is 10.3. The minimum absolute atomic E-state index is 0.139. The first kappa shape index (κ1) is 16.8. The maximum Gasteiger partial charge on any atom is 0.335 e. The third-order valence-electron chi connectivity index (χ3n) is 3.21. The molecule has 0 amide bonds. The predicted octanol–water partition coefficient (Wildman–Crippen LogP) is 3.08. The summed E-state index contributed by atoms with van der Waals surface area (Å²) in [4.78, 5) is 15.3. The minimum atomic E-state index is -1.02. The first-order valence-electron chi connectivity index (χ1n) is 7.39. The number of benzene rings is 1. The van der Waals surface area contributed by atoms with E-state index in [1.807, 2.05) is 12.1 Å². The van der Waals surface area contributed by atoms with E-state index >= 15 is 0 Å². The van der Waals surface area contributed by atoms with Gasteiger partial charge in [0, 0.05) is 18.3 Å². The summed E-state index contributed by atoms with van der Waals surface area (Å²) >= 11 is 0. The monoisotopic (exact) mass is 316 g/mol. The lowest BCUT2D eigenvalue weighted by Crippen LogP contribution is -2.14. The van der Waals surface area contributed by atoms with Gasteiger partial charge in [0.25, 0.3) is 0 Å². The molecule has 0 unspecified atom stereocenters. The molecule has 0 radical (unpaired) electrons. The molecule has 0 fully saturated rings. The number of ether oxygens (including phenoxy) is 2. The van der Waals surface area contributed by atoms with E-state index in [4.69, 9.17) is 14.6 Å². The Labute approximate surface area is 135 Å². The molecule has 0 aliphatic carbocycles. The lowest BCUT2D eigenvalue weighted by Gasteiger charge is -2.13. The van der Waals surface area contributed by atoms with E-state index in [1.165, 1.54) is 19.2 Å². The van der Waals surface area contributed by atoms with Gasteiger partial charge in [-0.2, -0.15) is 0 Å². The van der Waals surface area contributed by atoms with Crippen molar-refractivity contribution in [1.82, 2.24) is 10.3 Å². The summed E-state index contributed by atoms with van der Waals surface area (Å²) in [6, 6.07) is 8.25. The summed E-state index contributed by atoms with van der Waals surface area (Å²) in [6.45, 7) is 3.65. The zero-order valence-corrected chi connectivity index (χ0v) is 13.2. The highest BCUT2D eigenvalue weighted by Gasteiger charge is 2.13. The number of methoxy groups -OCH3 is 1. The number of rotatable bonds is 8. The Morgan fingerprint density at radius 2 is 2.13 bits per heavy atom. The molecule has 122 valence electrons. The fraction of sp³-hybridized carbons (Fsp3) is 0.294. The first-order chi connectivity index (χ1) is 11.2. The average molecular weight is 316 g/mol. The fourth-order valence-corrected chi connectivity index (χ4v) is 2.04. The molecular formula is C17H20N2O4. The van der Waals surface area contributed by atoms with E-state index in [0.717, 1.165) is 18.5 Å². The molecule has 0 bridgehead atoms. The van der Waals surface area contributed by atoms with Crippen molar-refractivity contribution in [3.63, 3.8) is 0 Å². The van der Waals surface area contributed by atoms with Gasteiger partial charge >= 0.3 is 5.97 Å². The number of aromatic carboxylic acids is 1. The molecule has 6 nitrogen and oxygen atoms in total. The fourth-order valence-electron chi connectivity index (χ4n) is 2.04. The van der Waals surface area contributed by atoms with Crippen molar-refractivity contribution in [2.75, 3.05) is 13.7 Å². The number of carboxylic acid groups (broad SMARTS) is 1. The van der Waals surface area contributed by atoms with Crippen molar-refractivity contribution < 1.29 is 19.4 Å². The molecule has 0 saturated carbocycles. The third kappa shape index (κ3) is 4.43. The molecule has 0 saturated heterocycles. The van der Waals surface area contributed by atoms with Gasteiger partial charge in [-0.3, -0.25) is 0 Å². The van der Waals surface area contributed by atoms with Gasteiger partial charge in [-0.05, 0) is 37.2 Å². The van der Waals surface area contributed by atoms with E-state index in [-0.39, 0.29) is 5.56 Å². The van der Waals surface area contributed by atoms with E-state index in [1.54, 1.807) is 12.3 Å². The number of hydrogen-bond donors (Lipinski definition) is 2. The third-order valence-corrected chi connectivity index (χ3v) is 3.21. The molecule has 2 rings (SSSR count). The highest BCUT2D eigenvalue weighted by Crippen LogP contribution is 2.32. The predicted molar refractivity (Wildman–Crippen MR) is 86.3 cm³/mol. The Kier molecular flexibility index (Phi) is 5.94. The van der Waals surface area contributed by atoms with Crippen LogP contribution in [-0.4, -0.2) is 29.7 Å². The first-order valence-corrected chi connectivity index (χ1v) is 7.39. The second-order valence-corrected chi connectivity index (χ2v) is 4.92. The lowest BCUT2D eigenvalue weighted by molar-refractivity contribution is 0.0696. The zero-order chi connectivity index (χ0) is 16.7.